The number of benzene rings is 1. The molecule has 21 heavy (non-hydrogen) atoms. The molecule has 6 heteroatoms. The van der Waals surface area contributed by atoms with Crippen LogP contribution in [0.25, 0.3) is 11.1 Å². The zero-order chi connectivity index (χ0) is 14.8. The number of carbonyl (C=O) groups excluding carboxylic acids is 1. The Morgan fingerprint density at radius 3 is 3.00 bits per heavy atom. The van der Waals surface area contributed by atoms with Gasteiger partial charge in [-0.3, -0.25) is 9.36 Å². The third kappa shape index (κ3) is 2.85. The maximum absolute atomic E-state index is 12.1. The molecule has 2 heterocycles. The number of piperidine rings is 1. The van der Waals surface area contributed by atoms with Crippen LogP contribution in [-0.4, -0.2) is 35.0 Å². The van der Waals surface area contributed by atoms with E-state index in [9.17, 15) is 9.59 Å². The lowest BCUT2D eigenvalue weighted by Crippen LogP contribution is -2.40. The van der Waals surface area contributed by atoms with Crippen molar-refractivity contribution in [3.63, 3.8) is 0 Å². The largest absolute Gasteiger partial charge is 0.420 e. The molecule has 1 aromatic carbocycles. The molecule has 1 fully saturated rings. The van der Waals surface area contributed by atoms with Crippen molar-refractivity contribution in [1.82, 2.24) is 9.47 Å². The number of para-hydroxylation sites is 2. The molecule has 1 aromatic heterocycles. The molecule has 6 nitrogen and oxygen atoms in total. The Labute approximate surface area is 122 Å². The number of rotatable bonds is 4. The van der Waals surface area contributed by atoms with E-state index in [0.717, 1.165) is 31.4 Å². The maximum atomic E-state index is 12.1. The number of hydrogen-bond acceptors (Lipinski definition) is 4. The van der Waals surface area contributed by atoms with Crippen LogP contribution in [0, 0.1) is 0 Å². The minimum Gasteiger partial charge on any atom is -0.408 e. The van der Waals surface area contributed by atoms with Crippen molar-refractivity contribution < 1.29 is 9.21 Å². The molecule has 1 aliphatic heterocycles. The van der Waals surface area contributed by atoms with Gasteiger partial charge in [0.2, 0.25) is 5.91 Å². The minimum absolute atomic E-state index is 0.0859. The number of oxazole rings is 1. The van der Waals surface area contributed by atoms with Gasteiger partial charge in [-0.25, -0.2) is 4.79 Å². The summed E-state index contributed by atoms with van der Waals surface area (Å²) in [6.07, 6.45) is 2.29. The number of fused-ring (bicyclic) bond motifs is 1. The summed E-state index contributed by atoms with van der Waals surface area (Å²) in [5, 5.41) is 0. The second-order valence-corrected chi connectivity index (χ2v) is 5.52. The van der Waals surface area contributed by atoms with Crippen molar-refractivity contribution in [2.24, 2.45) is 5.73 Å². The average molecular weight is 289 g/mol. The van der Waals surface area contributed by atoms with Crippen molar-refractivity contribution >= 4 is 17.0 Å². The summed E-state index contributed by atoms with van der Waals surface area (Å²) in [7, 11) is 0. The first-order chi connectivity index (χ1) is 10.1. The molecule has 1 amide bonds. The highest BCUT2D eigenvalue weighted by molar-refractivity contribution is 5.74. The topological polar surface area (TPSA) is 81.5 Å². The van der Waals surface area contributed by atoms with Gasteiger partial charge >= 0.3 is 5.76 Å². The second kappa shape index (κ2) is 5.73. The normalized spacial score (nSPS) is 19.9. The van der Waals surface area contributed by atoms with Crippen LogP contribution in [0.4, 0.5) is 0 Å². The fourth-order valence-electron chi connectivity index (χ4n) is 3.04. The molecule has 3 rings (SSSR count). The zero-order valence-corrected chi connectivity index (χ0v) is 11.8. The third-order valence-corrected chi connectivity index (χ3v) is 4.04. The number of primary amides is 1. The van der Waals surface area contributed by atoms with E-state index in [0.29, 0.717) is 18.5 Å². The third-order valence-electron chi connectivity index (χ3n) is 4.04. The number of aromatic nitrogens is 1. The molecule has 0 radical (unpaired) electrons. The Kier molecular flexibility index (Phi) is 3.79. The minimum atomic E-state index is -0.307. The summed E-state index contributed by atoms with van der Waals surface area (Å²) in [5.41, 5.74) is 6.66. The number of nitrogens with two attached hydrogens (primary N) is 1. The van der Waals surface area contributed by atoms with E-state index in [1.165, 1.54) is 0 Å². The Hall–Kier alpha value is -2.08. The number of hydrogen-bond donors (Lipinski definition) is 1. The van der Waals surface area contributed by atoms with Gasteiger partial charge in [0.15, 0.2) is 5.58 Å². The summed E-state index contributed by atoms with van der Waals surface area (Å²) < 4.78 is 7.04. The van der Waals surface area contributed by atoms with E-state index in [-0.39, 0.29) is 17.7 Å². The lowest BCUT2D eigenvalue weighted by Gasteiger charge is -2.32. The molecular formula is C15H19N3O3. The Balaban J connectivity index is 1.83. The van der Waals surface area contributed by atoms with Crippen LogP contribution in [0.3, 0.4) is 0 Å². The van der Waals surface area contributed by atoms with Crippen molar-refractivity contribution in [2.45, 2.75) is 25.3 Å². The highest BCUT2D eigenvalue weighted by Gasteiger charge is 2.25. The van der Waals surface area contributed by atoms with E-state index in [4.69, 9.17) is 10.2 Å². The average Bonchev–Trinajstić information content (AvgIpc) is 2.81. The van der Waals surface area contributed by atoms with Crippen molar-refractivity contribution in [3.05, 3.63) is 34.8 Å². The van der Waals surface area contributed by atoms with Crippen LogP contribution >= 0.6 is 0 Å². The number of likely N-dealkylation sites (tertiary alicyclic amines) is 1. The van der Waals surface area contributed by atoms with Crippen LogP contribution in [0.15, 0.2) is 33.5 Å². The van der Waals surface area contributed by atoms with Gasteiger partial charge < -0.3 is 15.1 Å². The van der Waals surface area contributed by atoms with E-state index in [1.54, 1.807) is 10.6 Å². The molecule has 112 valence electrons. The molecular weight excluding hydrogens is 270 g/mol. The standard InChI is InChI=1S/C15H19N3O3/c16-14(19)7-9-17-8-3-4-11(10-17)18-12-5-1-2-6-13(12)21-15(18)20/h1-2,5-6,11H,3-4,7-10H2,(H2,16,19)/t11-/m0/s1. The van der Waals surface area contributed by atoms with E-state index >= 15 is 0 Å². The quantitative estimate of drug-likeness (QED) is 0.914. The van der Waals surface area contributed by atoms with E-state index < -0.39 is 0 Å². The van der Waals surface area contributed by atoms with Gasteiger partial charge in [0.1, 0.15) is 0 Å². The Morgan fingerprint density at radius 1 is 1.38 bits per heavy atom. The molecule has 1 aliphatic rings. The molecule has 0 saturated carbocycles. The lowest BCUT2D eigenvalue weighted by atomic mass is 10.0. The van der Waals surface area contributed by atoms with Crippen molar-refractivity contribution in [2.75, 3.05) is 19.6 Å². The SMILES string of the molecule is NC(=O)CCN1CCC[C@H](n2c(=O)oc3ccccc32)C1. The molecule has 0 aliphatic carbocycles. The lowest BCUT2D eigenvalue weighted by molar-refractivity contribution is -0.118. The fraction of sp³-hybridized carbons (Fsp3) is 0.467. The first-order valence-corrected chi connectivity index (χ1v) is 7.26. The fourth-order valence-corrected chi connectivity index (χ4v) is 3.04. The molecule has 1 atom stereocenters. The summed E-state index contributed by atoms with van der Waals surface area (Å²) in [6.45, 7) is 2.33. The highest BCUT2D eigenvalue weighted by atomic mass is 16.4. The summed E-state index contributed by atoms with van der Waals surface area (Å²) in [6, 6.07) is 7.56. The maximum Gasteiger partial charge on any atom is 0.420 e. The van der Waals surface area contributed by atoms with Crippen LogP contribution in [0.2, 0.25) is 0 Å². The smallest absolute Gasteiger partial charge is 0.408 e. The van der Waals surface area contributed by atoms with Crippen molar-refractivity contribution in [1.29, 1.82) is 0 Å². The van der Waals surface area contributed by atoms with Crippen LogP contribution in [-0.2, 0) is 4.79 Å². The number of amides is 1. The first kappa shape index (κ1) is 13.9. The number of nitrogens with zero attached hydrogens (tertiary/aromatic N) is 2. The molecule has 1 saturated heterocycles. The van der Waals surface area contributed by atoms with E-state index in [1.807, 2.05) is 18.2 Å². The number of carbonyl (C=O) groups is 1. The predicted molar refractivity (Wildman–Crippen MR) is 79.0 cm³/mol. The second-order valence-electron chi connectivity index (χ2n) is 5.52. The zero-order valence-electron chi connectivity index (χ0n) is 11.8. The van der Waals surface area contributed by atoms with Gasteiger partial charge in [-0.05, 0) is 31.5 Å². The first-order valence-electron chi connectivity index (χ1n) is 7.26. The van der Waals surface area contributed by atoms with Gasteiger partial charge in [-0.1, -0.05) is 12.1 Å². The van der Waals surface area contributed by atoms with Gasteiger partial charge in [0.25, 0.3) is 0 Å². The van der Waals surface area contributed by atoms with E-state index in [2.05, 4.69) is 4.90 Å². The van der Waals surface area contributed by atoms with Crippen LogP contribution in [0.1, 0.15) is 25.3 Å². The molecule has 0 bridgehead atoms. The van der Waals surface area contributed by atoms with Crippen LogP contribution in [0.5, 0.6) is 0 Å². The molecule has 0 spiro atoms. The Bertz CT molecular complexity index is 703. The summed E-state index contributed by atoms with van der Waals surface area (Å²) in [5.74, 6) is -0.596. The van der Waals surface area contributed by atoms with Gasteiger partial charge in [-0.15, -0.1) is 0 Å². The van der Waals surface area contributed by atoms with Gasteiger partial charge in [0.05, 0.1) is 11.6 Å². The highest BCUT2D eigenvalue weighted by Crippen LogP contribution is 2.24. The Morgan fingerprint density at radius 2 is 2.19 bits per heavy atom. The van der Waals surface area contributed by atoms with Gasteiger partial charge in [-0.2, -0.15) is 0 Å². The monoisotopic (exact) mass is 289 g/mol. The molecule has 2 N–H and O–H groups in total. The molecule has 0 unspecified atom stereocenters. The van der Waals surface area contributed by atoms with Gasteiger partial charge in [0, 0.05) is 19.5 Å². The molecule has 2 aromatic rings. The van der Waals surface area contributed by atoms with Crippen LogP contribution < -0.4 is 11.5 Å². The predicted octanol–water partition coefficient (Wildman–Crippen LogP) is 1.11. The van der Waals surface area contributed by atoms with Crippen molar-refractivity contribution in [3.8, 4) is 0 Å². The summed E-state index contributed by atoms with van der Waals surface area (Å²) >= 11 is 0. The summed E-state index contributed by atoms with van der Waals surface area (Å²) in [4.78, 5) is 25.2.